The number of halogens is 2. The molecule has 0 saturated heterocycles. The number of hydrogen-bond acceptors (Lipinski definition) is 3. The van der Waals surface area contributed by atoms with E-state index in [4.69, 9.17) is 32.7 Å². The Hall–Kier alpha value is -1.97. The fourth-order valence-electron chi connectivity index (χ4n) is 2.48. The van der Waals surface area contributed by atoms with Gasteiger partial charge < -0.3 is 9.47 Å². The molecule has 3 rings (SSSR count). The lowest BCUT2D eigenvalue weighted by Crippen LogP contribution is -2.06. The number of nitrogens with zero attached hydrogens (tertiary/aromatic N) is 1. The third-order valence-corrected chi connectivity index (χ3v) is 4.08. The van der Waals surface area contributed by atoms with Crippen molar-refractivity contribution in [3.05, 3.63) is 64.3 Å². The van der Waals surface area contributed by atoms with Gasteiger partial charge in [0, 0.05) is 23.0 Å². The molecule has 0 fully saturated rings. The van der Waals surface area contributed by atoms with Crippen molar-refractivity contribution < 1.29 is 9.47 Å². The van der Waals surface area contributed by atoms with Gasteiger partial charge in [-0.15, -0.1) is 0 Å². The monoisotopic (exact) mass is 361 g/mol. The molecule has 0 aliphatic heterocycles. The zero-order valence-electron chi connectivity index (χ0n) is 13.3. The van der Waals surface area contributed by atoms with E-state index in [2.05, 4.69) is 4.98 Å². The smallest absolute Gasteiger partial charge is 0.145 e. The van der Waals surface area contributed by atoms with Crippen molar-refractivity contribution in [2.75, 3.05) is 13.2 Å². The zero-order chi connectivity index (χ0) is 16.9. The van der Waals surface area contributed by atoms with Gasteiger partial charge in [-0.25, -0.2) is 0 Å². The first-order valence-corrected chi connectivity index (χ1v) is 8.46. The van der Waals surface area contributed by atoms with Crippen LogP contribution in [0.25, 0.3) is 10.9 Å². The maximum Gasteiger partial charge on any atom is 0.145 e. The van der Waals surface area contributed by atoms with Crippen LogP contribution in [-0.2, 0) is 0 Å². The van der Waals surface area contributed by atoms with E-state index in [1.165, 1.54) is 0 Å². The first-order valence-electron chi connectivity index (χ1n) is 7.70. The van der Waals surface area contributed by atoms with Crippen LogP contribution < -0.4 is 9.47 Å². The van der Waals surface area contributed by atoms with Crippen LogP contribution in [0.5, 0.6) is 11.5 Å². The summed E-state index contributed by atoms with van der Waals surface area (Å²) < 4.78 is 11.6. The van der Waals surface area contributed by atoms with Gasteiger partial charge in [0.05, 0.1) is 18.2 Å². The highest BCUT2D eigenvalue weighted by Gasteiger charge is 2.07. The quantitative estimate of drug-likeness (QED) is 0.527. The normalized spacial score (nSPS) is 10.8. The molecule has 0 N–H and O–H groups in total. The van der Waals surface area contributed by atoms with Crippen molar-refractivity contribution in [2.24, 2.45) is 0 Å². The molecule has 0 spiro atoms. The van der Waals surface area contributed by atoms with Crippen LogP contribution in [0.15, 0.2) is 48.7 Å². The number of hydrogen-bond donors (Lipinski definition) is 0. The van der Waals surface area contributed by atoms with Crippen molar-refractivity contribution in [3.63, 3.8) is 0 Å². The highest BCUT2D eigenvalue weighted by Crippen LogP contribution is 2.32. The maximum absolute atomic E-state index is 6.16. The Labute approximate surface area is 151 Å². The number of para-hydroxylation sites is 1. The van der Waals surface area contributed by atoms with Crippen LogP contribution >= 0.6 is 23.2 Å². The summed E-state index contributed by atoms with van der Waals surface area (Å²) in [5.74, 6) is 1.46. The lowest BCUT2D eigenvalue weighted by atomic mass is 10.2. The summed E-state index contributed by atoms with van der Waals surface area (Å²) in [6.45, 7) is 2.98. The molecule has 5 heteroatoms. The second-order valence-electron chi connectivity index (χ2n) is 5.42. The van der Waals surface area contributed by atoms with Gasteiger partial charge in [0.1, 0.15) is 17.0 Å². The summed E-state index contributed by atoms with van der Waals surface area (Å²) >= 11 is 12.1. The van der Waals surface area contributed by atoms with Crippen LogP contribution in [0.4, 0.5) is 0 Å². The van der Waals surface area contributed by atoms with E-state index in [-0.39, 0.29) is 0 Å². The Bertz CT molecular complexity index is 823. The molecule has 3 nitrogen and oxygen atoms in total. The average molecular weight is 362 g/mol. The molecule has 0 amide bonds. The largest absolute Gasteiger partial charge is 0.492 e. The van der Waals surface area contributed by atoms with Crippen LogP contribution in [0.1, 0.15) is 12.0 Å². The number of fused-ring (bicyclic) bond motifs is 1. The lowest BCUT2D eigenvalue weighted by molar-refractivity contribution is 0.248. The van der Waals surface area contributed by atoms with Gasteiger partial charge in [-0.2, -0.15) is 0 Å². The van der Waals surface area contributed by atoms with Crippen LogP contribution in [0.2, 0.25) is 10.0 Å². The van der Waals surface area contributed by atoms with Gasteiger partial charge in [0.15, 0.2) is 0 Å². The predicted molar refractivity (Wildman–Crippen MR) is 98.5 cm³/mol. The van der Waals surface area contributed by atoms with Crippen molar-refractivity contribution >= 4 is 34.1 Å². The molecule has 0 aliphatic rings. The van der Waals surface area contributed by atoms with Crippen molar-refractivity contribution in [1.82, 2.24) is 4.98 Å². The van der Waals surface area contributed by atoms with Gasteiger partial charge in [-0.1, -0.05) is 41.4 Å². The highest BCUT2D eigenvalue weighted by atomic mass is 35.5. The SMILES string of the molecule is Cc1cc(Cl)cc(Cl)c1OCCCOc1cccc2cccnc12. The van der Waals surface area contributed by atoms with Crippen LogP contribution in [0.3, 0.4) is 0 Å². The van der Waals surface area contributed by atoms with E-state index in [1.807, 2.05) is 43.3 Å². The number of rotatable bonds is 6. The summed E-state index contributed by atoms with van der Waals surface area (Å²) in [4.78, 5) is 4.37. The standard InChI is InChI=1S/C19H17Cl2NO2/c1-13-11-15(20)12-16(21)19(13)24-10-4-9-23-17-7-2-5-14-6-3-8-22-18(14)17/h2-3,5-8,11-12H,4,9-10H2,1H3. The van der Waals surface area contributed by atoms with Crippen molar-refractivity contribution in [1.29, 1.82) is 0 Å². The molecule has 0 unspecified atom stereocenters. The van der Waals surface area contributed by atoms with E-state index < -0.39 is 0 Å². The Morgan fingerprint density at radius 2 is 1.79 bits per heavy atom. The molecule has 0 saturated carbocycles. The number of aromatic nitrogens is 1. The number of pyridine rings is 1. The summed E-state index contributed by atoms with van der Waals surface area (Å²) in [6.07, 6.45) is 2.51. The van der Waals surface area contributed by atoms with E-state index in [1.54, 1.807) is 12.3 Å². The molecule has 24 heavy (non-hydrogen) atoms. The molecule has 0 aliphatic carbocycles. The van der Waals surface area contributed by atoms with Gasteiger partial charge in [-0.05, 0) is 36.8 Å². The molecule has 124 valence electrons. The molecule has 0 atom stereocenters. The minimum atomic E-state index is 0.514. The Morgan fingerprint density at radius 1 is 1.00 bits per heavy atom. The second kappa shape index (κ2) is 7.73. The number of ether oxygens (including phenoxy) is 2. The minimum absolute atomic E-state index is 0.514. The van der Waals surface area contributed by atoms with Crippen LogP contribution in [-0.4, -0.2) is 18.2 Å². The third kappa shape index (κ3) is 3.92. The molecular formula is C19H17Cl2NO2. The Kier molecular flexibility index (Phi) is 5.44. The van der Waals surface area contributed by atoms with Crippen molar-refractivity contribution in [2.45, 2.75) is 13.3 Å². The van der Waals surface area contributed by atoms with Crippen LogP contribution in [0, 0.1) is 6.92 Å². The molecule has 3 aromatic rings. The first-order chi connectivity index (χ1) is 11.6. The van der Waals surface area contributed by atoms with Gasteiger partial charge in [0.25, 0.3) is 0 Å². The molecule has 0 bridgehead atoms. The Morgan fingerprint density at radius 3 is 2.62 bits per heavy atom. The summed E-state index contributed by atoms with van der Waals surface area (Å²) in [5, 5.41) is 2.20. The summed E-state index contributed by atoms with van der Waals surface area (Å²) in [7, 11) is 0. The number of aryl methyl sites for hydroxylation is 1. The van der Waals surface area contributed by atoms with Crippen molar-refractivity contribution in [3.8, 4) is 11.5 Å². The van der Waals surface area contributed by atoms with E-state index in [0.717, 1.165) is 28.6 Å². The van der Waals surface area contributed by atoms with Gasteiger partial charge in [0.2, 0.25) is 0 Å². The second-order valence-corrected chi connectivity index (χ2v) is 6.26. The molecule has 2 aromatic carbocycles. The van der Waals surface area contributed by atoms with Gasteiger partial charge >= 0.3 is 0 Å². The minimum Gasteiger partial charge on any atom is -0.492 e. The molecule has 1 aromatic heterocycles. The molecule has 0 radical (unpaired) electrons. The first kappa shape index (κ1) is 16.9. The Balaban J connectivity index is 1.54. The van der Waals surface area contributed by atoms with E-state index in [0.29, 0.717) is 29.0 Å². The fourth-order valence-corrected chi connectivity index (χ4v) is 3.13. The predicted octanol–water partition coefficient (Wildman–Crippen LogP) is 5.70. The molecule has 1 heterocycles. The topological polar surface area (TPSA) is 31.4 Å². The highest BCUT2D eigenvalue weighted by molar-refractivity contribution is 6.35. The fraction of sp³-hybridized carbons (Fsp3) is 0.211. The third-order valence-electron chi connectivity index (χ3n) is 3.58. The average Bonchev–Trinajstić information content (AvgIpc) is 2.56. The summed E-state index contributed by atoms with van der Waals surface area (Å²) in [5.41, 5.74) is 1.80. The number of benzene rings is 2. The van der Waals surface area contributed by atoms with Gasteiger partial charge in [-0.3, -0.25) is 4.98 Å². The zero-order valence-corrected chi connectivity index (χ0v) is 14.8. The van der Waals surface area contributed by atoms with E-state index in [9.17, 15) is 0 Å². The maximum atomic E-state index is 6.16. The lowest BCUT2D eigenvalue weighted by Gasteiger charge is -2.12. The molecular weight excluding hydrogens is 345 g/mol. The summed E-state index contributed by atoms with van der Waals surface area (Å²) in [6, 6.07) is 13.4. The van der Waals surface area contributed by atoms with E-state index >= 15 is 0 Å².